The molecule has 12 heteroatoms. The fourth-order valence-corrected chi connectivity index (χ4v) is 4.59. The van der Waals surface area contributed by atoms with Crippen LogP contribution in [0.2, 0.25) is 0 Å². The maximum atomic E-state index is 12.9. The molecule has 0 aromatic heterocycles. The van der Waals surface area contributed by atoms with Crippen LogP contribution in [-0.4, -0.2) is 99.2 Å². The SMILES string of the molecule is N#CC=C1[C@H](O[C@@H]2O[C@H](CO)[C@@H](O)[C@H](O)[C@H]2O)C[C@H](OC(=O)c2ccccc2)[C@H](OC(=O)c2ccccc2)[C@H]1O. The summed E-state index contributed by atoms with van der Waals surface area (Å²) in [6, 6.07) is 17.7. The van der Waals surface area contributed by atoms with Gasteiger partial charge in [0.05, 0.1) is 29.9 Å². The van der Waals surface area contributed by atoms with Crippen molar-refractivity contribution in [3.05, 3.63) is 83.4 Å². The molecule has 2 aliphatic rings. The van der Waals surface area contributed by atoms with Crippen LogP contribution in [0.15, 0.2) is 72.3 Å². The predicted octanol–water partition coefficient (Wildman–Crippen LogP) is -0.163. The van der Waals surface area contributed by atoms with E-state index in [1.54, 1.807) is 42.5 Å². The van der Waals surface area contributed by atoms with E-state index < -0.39 is 73.7 Å². The molecule has 0 radical (unpaired) electrons. The van der Waals surface area contributed by atoms with E-state index >= 15 is 0 Å². The zero-order chi connectivity index (χ0) is 28.8. The van der Waals surface area contributed by atoms with Crippen LogP contribution >= 0.6 is 0 Å². The van der Waals surface area contributed by atoms with Gasteiger partial charge in [-0.2, -0.15) is 5.26 Å². The number of esters is 2. The Morgan fingerprint density at radius 1 is 0.900 bits per heavy atom. The van der Waals surface area contributed by atoms with Crippen molar-refractivity contribution < 1.29 is 54.1 Å². The van der Waals surface area contributed by atoms with Gasteiger partial charge < -0.3 is 44.5 Å². The Morgan fingerprint density at radius 3 is 2.02 bits per heavy atom. The highest BCUT2D eigenvalue weighted by Crippen LogP contribution is 2.35. The largest absolute Gasteiger partial charge is 0.455 e. The molecular formula is C28H29NO11. The van der Waals surface area contributed by atoms with Gasteiger partial charge in [-0.05, 0) is 24.3 Å². The summed E-state index contributed by atoms with van der Waals surface area (Å²) in [6.45, 7) is -0.701. The second kappa shape index (κ2) is 13.1. The average molecular weight is 556 g/mol. The second-order valence-corrected chi connectivity index (χ2v) is 9.32. The van der Waals surface area contributed by atoms with E-state index in [0.717, 1.165) is 6.08 Å². The van der Waals surface area contributed by atoms with Gasteiger partial charge in [0.15, 0.2) is 12.4 Å². The minimum Gasteiger partial charge on any atom is -0.455 e. The number of nitriles is 1. The van der Waals surface area contributed by atoms with Crippen LogP contribution < -0.4 is 0 Å². The van der Waals surface area contributed by atoms with Gasteiger partial charge in [0, 0.05) is 18.1 Å². The molecule has 4 rings (SSSR count). The van der Waals surface area contributed by atoms with Gasteiger partial charge in [-0.25, -0.2) is 9.59 Å². The van der Waals surface area contributed by atoms with Crippen molar-refractivity contribution in [3.8, 4) is 6.07 Å². The minimum absolute atomic E-state index is 0.0719. The van der Waals surface area contributed by atoms with Crippen molar-refractivity contribution in [2.24, 2.45) is 0 Å². The molecule has 1 saturated carbocycles. The molecule has 1 aliphatic carbocycles. The van der Waals surface area contributed by atoms with E-state index in [0.29, 0.717) is 0 Å². The Kier molecular flexibility index (Phi) is 9.62. The molecule has 9 atom stereocenters. The van der Waals surface area contributed by atoms with Crippen LogP contribution in [-0.2, 0) is 18.9 Å². The fourth-order valence-electron chi connectivity index (χ4n) is 4.59. The molecule has 12 nitrogen and oxygen atoms in total. The second-order valence-electron chi connectivity index (χ2n) is 9.32. The van der Waals surface area contributed by atoms with E-state index in [2.05, 4.69) is 0 Å². The summed E-state index contributed by atoms with van der Waals surface area (Å²) in [4.78, 5) is 25.8. The fraction of sp³-hybridized carbons (Fsp3) is 0.393. The number of carbonyl (C=O) groups excluding carboxylic acids is 2. The van der Waals surface area contributed by atoms with Crippen LogP contribution in [0.5, 0.6) is 0 Å². The number of benzene rings is 2. The van der Waals surface area contributed by atoms with Crippen molar-refractivity contribution in [2.75, 3.05) is 6.61 Å². The molecule has 0 unspecified atom stereocenters. The lowest BCUT2D eigenvalue weighted by Crippen LogP contribution is -2.61. The first-order valence-corrected chi connectivity index (χ1v) is 12.5. The zero-order valence-corrected chi connectivity index (χ0v) is 21.1. The number of nitrogens with zero attached hydrogens (tertiary/aromatic N) is 1. The molecular weight excluding hydrogens is 526 g/mol. The van der Waals surface area contributed by atoms with E-state index in [-0.39, 0.29) is 23.1 Å². The standard InChI is InChI=1S/C28H29NO11/c29-12-11-17-18(38-28-24(34)23(33)22(32)20(14-30)39-28)13-19(37-26(35)15-7-3-1-4-8-15)25(21(17)31)40-27(36)16-9-5-2-6-10-16/h1-11,18-25,28,30-34H,13-14H2/t18-,19+,20-,21+,22-,23+,24-,25+,28-/m1/s1. The van der Waals surface area contributed by atoms with E-state index in [1.165, 1.54) is 24.3 Å². The molecule has 40 heavy (non-hydrogen) atoms. The third-order valence-electron chi connectivity index (χ3n) is 6.74. The number of aliphatic hydroxyl groups excluding tert-OH is 5. The summed E-state index contributed by atoms with van der Waals surface area (Å²) in [7, 11) is 0. The van der Waals surface area contributed by atoms with Crippen LogP contribution in [0.25, 0.3) is 0 Å². The monoisotopic (exact) mass is 555 g/mol. The van der Waals surface area contributed by atoms with Crippen LogP contribution in [0.3, 0.4) is 0 Å². The predicted molar refractivity (Wildman–Crippen MR) is 134 cm³/mol. The molecule has 0 spiro atoms. The lowest BCUT2D eigenvalue weighted by Gasteiger charge is -2.44. The van der Waals surface area contributed by atoms with Crippen molar-refractivity contribution in [1.29, 1.82) is 5.26 Å². The Morgan fingerprint density at radius 2 is 1.48 bits per heavy atom. The number of hydrogen-bond acceptors (Lipinski definition) is 12. The molecule has 2 aromatic rings. The highest BCUT2D eigenvalue weighted by Gasteiger charge is 2.50. The van der Waals surface area contributed by atoms with Gasteiger partial charge >= 0.3 is 11.9 Å². The lowest BCUT2D eigenvalue weighted by atomic mass is 9.84. The quantitative estimate of drug-likeness (QED) is 0.224. The van der Waals surface area contributed by atoms with E-state index in [1.807, 2.05) is 0 Å². The number of aliphatic hydroxyl groups is 5. The third kappa shape index (κ3) is 6.38. The maximum Gasteiger partial charge on any atom is 0.338 e. The first kappa shape index (κ1) is 29.3. The molecule has 2 fully saturated rings. The van der Waals surface area contributed by atoms with Gasteiger partial charge in [-0.1, -0.05) is 36.4 Å². The van der Waals surface area contributed by atoms with Crippen molar-refractivity contribution in [2.45, 2.75) is 61.5 Å². The van der Waals surface area contributed by atoms with Gasteiger partial charge in [0.2, 0.25) is 0 Å². The molecule has 5 N–H and O–H groups in total. The summed E-state index contributed by atoms with van der Waals surface area (Å²) in [6.07, 6.45) is -13.0. The van der Waals surface area contributed by atoms with Gasteiger partial charge in [-0.15, -0.1) is 0 Å². The highest BCUT2D eigenvalue weighted by molar-refractivity contribution is 5.90. The summed E-state index contributed by atoms with van der Waals surface area (Å²) >= 11 is 0. The Bertz CT molecular complexity index is 1230. The number of rotatable bonds is 7. The third-order valence-corrected chi connectivity index (χ3v) is 6.74. The lowest BCUT2D eigenvalue weighted by molar-refractivity contribution is -0.312. The first-order valence-electron chi connectivity index (χ1n) is 12.5. The summed E-state index contributed by atoms with van der Waals surface area (Å²) < 4.78 is 22.5. The molecule has 212 valence electrons. The van der Waals surface area contributed by atoms with Gasteiger partial charge in [-0.3, -0.25) is 0 Å². The minimum atomic E-state index is -1.77. The molecule has 1 heterocycles. The topological polar surface area (TPSA) is 196 Å². The molecule has 1 saturated heterocycles. The maximum absolute atomic E-state index is 12.9. The molecule has 1 aliphatic heterocycles. The Labute approximate surface area is 229 Å². The smallest absolute Gasteiger partial charge is 0.338 e. The highest BCUT2D eigenvalue weighted by atomic mass is 16.7. The van der Waals surface area contributed by atoms with Crippen LogP contribution in [0, 0.1) is 11.3 Å². The number of carbonyl (C=O) groups is 2. The van der Waals surface area contributed by atoms with Crippen LogP contribution in [0.1, 0.15) is 27.1 Å². The zero-order valence-electron chi connectivity index (χ0n) is 21.1. The summed E-state index contributed by atoms with van der Waals surface area (Å²) in [5, 5.41) is 60.8. The first-order chi connectivity index (χ1) is 19.2. The molecule has 2 aromatic carbocycles. The number of allylic oxidation sites excluding steroid dienone is 1. The molecule has 0 amide bonds. The number of ether oxygens (including phenoxy) is 4. The van der Waals surface area contributed by atoms with Crippen LogP contribution in [0.4, 0.5) is 0 Å². The van der Waals surface area contributed by atoms with E-state index in [4.69, 9.17) is 18.9 Å². The number of hydrogen-bond donors (Lipinski definition) is 5. The van der Waals surface area contributed by atoms with Crippen molar-refractivity contribution in [3.63, 3.8) is 0 Å². The van der Waals surface area contributed by atoms with Crippen molar-refractivity contribution in [1.82, 2.24) is 0 Å². The van der Waals surface area contributed by atoms with Crippen molar-refractivity contribution >= 4 is 11.9 Å². The summed E-state index contributed by atoms with van der Waals surface area (Å²) in [5.74, 6) is -1.59. The van der Waals surface area contributed by atoms with E-state index in [9.17, 15) is 40.4 Å². The summed E-state index contributed by atoms with van der Waals surface area (Å²) in [5.41, 5.74) is 0.292. The average Bonchev–Trinajstić information content (AvgIpc) is 2.98. The Balaban J connectivity index is 1.63. The molecule has 0 bridgehead atoms. The van der Waals surface area contributed by atoms with Gasteiger partial charge in [0.25, 0.3) is 0 Å². The normalized spacial score (nSPS) is 33.1. The van der Waals surface area contributed by atoms with Gasteiger partial charge in [0.1, 0.15) is 36.6 Å². The Hall–Kier alpha value is -3.67.